The molecule has 0 aromatic heterocycles. The van der Waals surface area contributed by atoms with Crippen molar-refractivity contribution < 1.29 is 36.0 Å². The van der Waals surface area contributed by atoms with E-state index in [1.165, 1.54) is 0 Å². The largest absolute Gasteiger partial charge is 0.399 e. The van der Waals surface area contributed by atoms with Gasteiger partial charge in [0, 0.05) is 0 Å². The number of fused-ring (bicyclic) bond motifs is 10. The van der Waals surface area contributed by atoms with E-state index in [4.69, 9.17) is 8.37 Å². The van der Waals surface area contributed by atoms with Crippen molar-refractivity contribution in [2.75, 3.05) is 26.3 Å². The average molecular weight is 477 g/mol. The molecule has 0 N–H and O–H groups in total. The lowest BCUT2D eigenvalue weighted by Crippen LogP contribution is -2.37. The zero-order chi connectivity index (χ0) is 23.1. The molecule has 4 bridgehead atoms. The highest BCUT2D eigenvalue weighted by Crippen LogP contribution is 2.53. The third-order valence-corrected chi connectivity index (χ3v) is 9.12. The molecule has 0 unspecified atom stereocenters. The first-order chi connectivity index (χ1) is 15.8. The topological polar surface area (TPSA) is 127 Å². The molecular formula is C22H24N2O8S. The first-order valence-corrected chi connectivity index (χ1v) is 12.7. The van der Waals surface area contributed by atoms with Gasteiger partial charge in [-0.05, 0) is 36.5 Å². The maximum absolute atomic E-state index is 12.6. The van der Waals surface area contributed by atoms with Crippen LogP contribution in [0.15, 0.2) is 24.3 Å². The third-order valence-electron chi connectivity index (χ3n) is 8.21. The van der Waals surface area contributed by atoms with Gasteiger partial charge in [-0.2, -0.15) is 8.42 Å². The lowest BCUT2D eigenvalue weighted by Gasteiger charge is -2.18. The molecule has 6 rings (SSSR count). The van der Waals surface area contributed by atoms with E-state index in [1.54, 1.807) is 0 Å². The summed E-state index contributed by atoms with van der Waals surface area (Å²) in [5, 5.41) is 0. The molecule has 0 spiro atoms. The van der Waals surface area contributed by atoms with Crippen molar-refractivity contribution in [2.45, 2.75) is 12.8 Å². The Kier molecular flexibility index (Phi) is 4.69. The second-order valence-electron chi connectivity index (χ2n) is 9.71. The number of rotatable bonds is 8. The Morgan fingerprint density at radius 2 is 0.939 bits per heavy atom. The SMILES string of the molecule is O=C1[C@@H]2[C@H](C(=O)N1CCOS(=O)(=O)OCCN1C(=O)[C@H]3[C@H](C1=O)[C@H]1C=C[C@H]3C1)[C@H]1C=C[C@H]2C1. The number of hydrogen-bond donors (Lipinski definition) is 0. The van der Waals surface area contributed by atoms with E-state index in [0.717, 1.165) is 22.6 Å². The van der Waals surface area contributed by atoms with Crippen molar-refractivity contribution >= 4 is 34.0 Å². The van der Waals surface area contributed by atoms with E-state index in [2.05, 4.69) is 0 Å². The number of carbonyl (C=O) groups is 4. The number of hydrogen-bond acceptors (Lipinski definition) is 8. The van der Waals surface area contributed by atoms with E-state index in [0.29, 0.717) is 0 Å². The van der Waals surface area contributed by atoms with Gasteiger partial charge in [0.1, 0.15) is 0 Å². The van der Waals surface area contributed by atoms with Gasteiger partial charge in [-0.1, -0.05) is 24.3 Å². The van der Waals surface area contributed by atoms with Gasteiger partial charge in [0.25, 0.3) is 0 Å². The van der Waals surface area contributed by atoms with E-state index in [-0.39, 0.29) is 84.1 Å². The summed E-state index contributed by atoms with van der Waals surface area (Å²) in [5.41, 5.74) is 0. The second kappa shape index (κ2) is 7.31. The lowest BCUT2D eigenvalue weighted by atomic mass is 9.85. The molecule has 2 saturated heterocycles. The van der Waals surface area contributed by atoms with Crippen molar-refractivity contribution in [3.8, 4) is 0 Å². The van der Waals surface area contributed by atoms with Crippen LogP contribution >= 0.6 is 0 Å². The summed E-state index contributed by atoms with van der Waals surface area (Å²) in [4.78, 5) is 52.6. The van der Waals surface area contributed by atoms with E-state index < -0.39 is 23.6 Å². The zero-order valence-electron chi connectivity index (χ0n) is 17.7. The van der Waals surface area contributed by atoms with Crippen molar-refractivity contribution in [2.24, 2.45) is 47.3 Å². The molecule has 4 aliphatic carbocycles. The summed E-state index contributed by atoms with van der Waals surface area (Å²) in [6.45, 7) is -1.17. The molecule has 2 aliphatic heterocycles. The predicted molar refractivity (Wildman–Crippen MR) is 110 cm³/mol. The number of imide groups is 2. The Labute approximate surface area is 190 Å². The molecule has 0 aromatic carbocycles. The Bertz CT molecular complexity index is 973. The quantitative estimate of drug-likeness (QED) is 0.350. The van der Waals surface area contributed by atoms with Crippen molar-refractivity contribution in [1.82, 2.24) is 9.80 Å². The van der Waals surface area contributed by atoms with Crippen molar-refractivity contribution in [1.29, 1.82) is 0 Å². The maximum Gasteiger partial charge on any atom is 0.399 e. The zero-order valence-corrected chi connectivity index (χ0v) is 18.6. The molecule has 4 fully saturated rings. The van der Waals surface area contributed by atoms with Gasteiger partial charge in [-0.25, -0.2) is 8.37 Å². The monoisotopic (exact) mass is 476 g/mol. The minimum Gasteiger partial charge on any atom is -0.280 e. The van der Waals surface area contributed by atoms with Crippen molar-refractivity contribution in [3.05, 3.63) is 24.3 Å². The minimum absolute atomic E-state index is 0.0796. The second-order valence-corrected chi connectivity index (χ2v) is 11.0. The van der Waals surface area contributed by atoms with Crippen LogP contribution in [0.3, 0.4) is 0 Å². The molecule has 10 nitrogen and oxygen atoms in total. The predicted octanol–water partition coefficient (Wildman–Crippen LogP) is -0.121. The summed E-state index contributed by atoms with van der Waals surface area (Å²) in [7, 11) is -4.41. The summed E-state index contributed by atoms with van der Waals surface area (Å²) < 4.78 is 33.8. The number of nitrogens with zero attached hydrogens (tertiary/aromatic N) is 2. The van der Waals surface area contributed by atoms with Crippen LogP contribution in [-0.4, -0.2) is 68.1 Å². The summed E-state index contributed by atoms with van der Waals surface area (Å²) in [5.74, 6) is -2.16. The molecule has 11 heteroatoms. The normalized spacial score (nSPS) is 40.1. The van der Waals surface area contributed by atoms with Crippen LogP contribution in [0.2, 0.25) is 0 Å². The Hall–Kier alpha value is -2.37. The Morgan fingerprint density at radius 3 is 1.24 bits per heavy atom. The van der Waals surface area contributed by atoms with Gasteiger partial charge in [-0.3, -0.25) is 29.0 Å². The van der Waals surface area contributed by atoms with Crippen molar-refractivity contribution in [3.63, 3.8) is 0 Å². The smallest absolute Gasteiger partial charge is 0.280 e. The van der Waals surface area contributed by atoms with Crippen LogP contribution in [0.25, 0.3) is 0 Å². The fourth-order valence-corrected chi connectivity index (χ4v) is 7.49. The maximum atomic E-state index is 12.6. The molecule has 8 atom stereocenters. The Morgan fingerprint density at radius 1 is 0.636 bits per heavy atom. The molecule has 33 heavy (non-hydrogen) atoms. The summed E-state index contributed by atoms with van der Waals surface area (Å²) >= 11 is 0. The van der Waals surface area contributed by atoms with Crippen LogP contribution in [0.1, 0.15) is 12.8 Å². The van der Waals surface area contributed by atoms with E-state index in [1.807, 2.05) is 24.3 Å². The molecule has 2 heterocycles. The van der Waals surface area contributed by atoms with Crippen LogP contribution < -0.4 is 0 Å². The molecule has 176 valence electrons. The number of carbonyl (C=O) groups excluding carboxylic acids is 4. The fraction of sp³-hybridized carbons (Fsp3) is 0.636. The minimum atomic E-state index is -4.41. The summed E-state index contributed by atoms with van der Waals surface area (Å²) in [6, 6.07) is 0. The standard InChI is InChI=1S/C22H24N2O8S/c25-19-15-11-1-2-12(9-11)16(15)20(26)23(19)5-7-31-33(29,30)32-8-6-24-21(27)17-13-3-4-14(10-13)18(17)22(24)28/h1-4,11-18H,5-10H2/t11-,12-,13-,14-,15-,16+,17+,18+/m0/s1. The van der Waals surface area contributed by atoms with Gasteiger partial charge >= 0.3 is 10.4 Å². The summed E-state index contributed by atoms with van der Waals surface area (Å²) in [6.07, 6.45) is 9.58. The highest BCUT2D eigenvalue weighted by atomic mass is 32.3. The number of amides is 4. The number of allylic oxidation sites excluding steroid dienone is 4. The third kappa shape index (κ3) is 3.08. The molecule has 2 saturated carbocycles. The lowest BCUT2D eigenvalue weighted by molar-refractivity contribution is -0.142. The Balaban J connectivity index is 0.982. The first-order valence-electron chi connectivity index (χ1n) is 11.4. The molecule has 4 amide bonds. The van der Waals surface area contributed by atoms with Crippen LogP contribution in [0, 0.1) is 47.3 Å². The van der Waals surface area contributed by atoms with Crippen LogP contribution in [-0.2, 0) is 37.9 Å². The first kappa shape index (κ1) is 21.2. The van der Waals surface area contributed by atoms with Crippen LogP contribution in [0.4, 0.5) is 0 Å². The molecule has 6 aliphatic rings. The van der Waals surface area contributed by atoms with E-state index >= 15 is 0 Å². The number of likely N-dealkylation sites (tertiary alicyclic amines) is 2. The van der Waals surface area contributed by atoms with E-state index in [9.17, 15) is 27.6 Å². The molecule has 0 radical (unpaired) electrons. The highest BCUT2D eigenvalue weighted by molar-refractivity contribution is 7.81. The fourth-order valence-electron chi connectivity index (χ4n) is 6.86. The van der Waals surface area contributed by atoms with Gasteiger partial charge in [0.2, 0.25) is 23.6 Å². The highest BCUT2D eigenvalue weighted by Gasteiger charge is 2.60. The van der Waals surface area contributed by atoms with Gasteiger partial charge in [0.15, 0.2) is 0 Å². The van der Waals surface area contributed by atoms with Gasteiger partial charge in [0.05, 0.1) is 50.0 Å². The van der Waals surface area contributed by atoms with Crippen LogP contribution in [0.5, 0.6) is 0 Å². The average Bonchev–Trinajstić information content (AvgIpc) is 3.60. The molecular weight excluding hydrogens is 452 g/mol. The van der Waals surface area contributed by atoms with Gasteiger partial charge in [-0.15, -0.1) is 0 Å². The molecule has 0 aromatic rings. The van der Waals surface area contributed by atoms with Gasteiger partial charge < -0.3 is 0 Å².